The molecule has 2 rings (SSSR count). The summed E-state index contributed by atoms with van der Waals surface area (Å²) in [6.45, 7) is 4.49. The molecule has 0 radical (unpaired) electrons. The Hall–Kier alpha value is -1.68. The second kappa shape index (κ2) is 5.10. The fourth-order valence-electron chi connectivity index (χ4n) is 1.65. The third kappa shape index (κ3) is 2.36. The van der Waals surface area contributed by atoms with Gasteiger partial charge in [-0.2, -0.15) is 0 Å². The van der Waals surface area contributed by atoms with Crippen molar-refractivity contribution in [1.82, 2.24) is 4.98 Å². The lowest BCUT2D eigenvalue weighted by Crippen LogP contribution is -1.97. The van der Waals surface area contributed by atoms with E-state index in [9.17, 15) is 4.79 Å². The lowest BCUT2D eigenvalue weighted by atomic mass is 10.0. The van der Waals surface area contributed by atoms with Crippen LogP contribution in [0.3, 0.4) is 0 Å². The van der Waals surface area contributed by atoms with Crippen molar-refractivity contribution in [2.24, 2.45) is 0 Å². The Morgan fingerprint density at radius 1 is 1.47 bits per heavy atom. The number of thiazole rings is 1. The first-order valence-electron chi connectivity index (χ1n) is 5.38. The molecular weight excluding hydrogens is 234 g/mol. The number of carbonyl (C=O) groups is 1. The first kappa shape index (κ1) is 11.8. The maximum absolute atomic E-state index is 11.1. The van der Waals surface area contributed by atoms with E-state index in [1.54, 1.807) is 12.3 Å². The topological polar surface area (TPSA) is 39.2 Å². The van der Waals surface area contributed by atoms with Crippen molar-refractivity contribution in [1.29, 1.82) is 0 Å². The van der Waals surface area contributed by atoms with Crippen molar-refractivity contribution in [3.05, 3.63) is 34.8 Å². The number of ether oxygens (including phenoxy) is 1. The summed E-state index contributed by atoms with van der Waals surface area (Å²) in [5.74, 6) is 0.759. The van der Waals surface area contributed by atoms with Gasteiger partial charge in [0.15, 0.2) is 6.29 Å². The number of rotatable bonds is 4. The van der Waals surface area contributed by atoms with E-state index in [1.165, 1.54) is 11.3 Å². The molecule has 0 fully saturated rings. The zero-order chi connectivity index (χ0) is 12.3. The molecule has 0 aliphatic carbocycles. The minimum absolute atomic E-state index is 0.593. The fourth-order valence-corrected chi connectivity index (χ4v) is 2.33. The molecule has 88 valence electrons. The Bertz CT molecular complexity index is 520. The van der Waals surface area contributed by atoms with Crippen LogP contribution in [-0.2, 0) is 0 Å². The molecule has 3 nitrogen and oxygen atoms in total. The molecule has 0 unspecified atom stereocenters. The zero-order valence-electron chi connectivity index (χ0n) is 9.77. The van der Waals surface area contributed by atoms with Crippen LogP contribution in [0.2, 0.25) is 0 Å². The van der Waals surface area contributed by atoms with Crippen LogP contribution in [0.4, 0.5) is 0 Å². The van der Waals surface area contributed by atoms with Crippen molar-refractivity contribution in [3.8, 4) is 16.3 Å². The molecule has 17 heavy (non-hydrogen) atoms. The van der Waals surface area contributed by atoms with E-state index in [0.717, 1.165) is 28.2 Å². The van der Waals surface area contributed by atoms with Crippen LogP contribution in [0.25, 0.3) is 10.6 Å². The molecule has 0 amide bonds. The van der Waals surface area contributed by atoms with E-state index < -0.39 is 0 Å². The molecule has 1 aromatic carbocycles. The lowest BCUT2D eigenvalue weighted by molar-refractivity contribution is 0.112. The number of aromatic nitrogens is 1. The van der Waals surface area contributed by atoms with Gasteiger partial charge in [0.2, 0.25) is 0 Å². The minimum Gasteiger partial charge on any atom is -0.494 e. The number of hydrogen-bond donors (Lipinski definition) is 0. The van der Waals surface area contributed by atoms with E-state index in [-0.39, 0.29) is 0 Å². The second-order valence-electron chi connectivity index (χ2n) is 3.59. The van der Waals surface area contributed by atoms with Gasteiger partial charge in [-0.25, -0.2) is 4.98 Å². The summed E-state index contributed by atoms with van der Waals surface area (Å²) in [4.78, 5) is 15.3. The highest BCUT2D eigenvalue weighted by Crippen LogP contribution is 2.30. The Balaban J connectivity index is 2.53. The van der Waals surface area contributed by atoms with E-state index in [2.05, 4.69) is 4.98 Å². The minimum atomic E-state index is 0.593. The third-order valence-electron chi connectivity index (χ3n) is 2.44. The van der Waals surface area contributed by atoms with Gasteiger partial charge in [-0.1, -0.05) is 0 Å². The number of hydrogen-bond acceptors (Lipinski definition) is 4. The molecule has 0 N–H and O–H groups in total. The average molecular weight is 247 g/mol. The van der Waals surface area contributed by atoms with Crippen molar-refractivity contribution in [3.63, 3.8) is 0 Å². The number of carbonyl (C=O) groups excluding carboxylic acids is 1. The molecule has 0 aliphatic heterocycles. The van der Waals surface area contributed by atoms with E-state index >= 15 is 0 Å². The van der Waals surface area contributed by atoms with Crippen molar-refractivity contribution >= 4 is 17.6 Å². The van der Waals surface area contributed by atoms with E-state index in [0.29, 0.717) is 12.2 Å². The van der Waals surface area contributed by atoms with Crippen LogP contribution in [0.15, 0.2) is 23.7 Å². The second-order valence-corrected chi connectivity index (χ2v) is 4.49. The first-order valence-corrected chi connectivity index (χ1v) is 6.26. The SMILES string of the molecule is CCOc1cc(C=O)c(-c2nccs2)cc1C. The van der Waals surface area contributed by atoms with Crippen molar-refractivity contribution in [2.45, 2.75) is 13.8 Å². The summed E-state index contributed by atoms with van der Waals surface area (Å²) in [6, 6.07) is 3.73. The van der Waals surface area contributed by atoms with Crippen LogP contribution in [-0.4, -0.2) is 17.9 Å². The maximum Gasteiger partial charge on any atom is 0.150 e. The predicted octanol–water partition coefficient (Wildman–Crippen LogP) is 3.33. The van der Waals surface area contributed by atoms with E-state index in [1.807, 2.05) is 25.3 Å². The zero-order valence-corrected chi connectivity index (χ0v) is 10.6. The summed E-state index contributed by atoms with van der Waals surface area (Å²) in [5, 5.41) is 2.76. The highest BCUT2D eigenvalue weighted by Gasteiger charge is 2.11. The Morgan fingerprint density at radius 3 is 2.88 bits per heavy atom. The molecule has 1 aromatic heterocycles. The van der Waals surface area contributed by atoms with Gasteiger partial charge >= 0.3 is 0 Å². The molecule has 0 bridgehead atoms. The highest BCUT2D eigenvalue weighted by molar-refractivity contribution is 7.13. The fraction of sp³-hybridized carbons (Fsp3) is 0.231. The van der Waals surface area contributed by atoms with Gasteiger partial charge < -0.3 is 4.74 Å². The molecular formula is C13H13NO2S. The molecule has 0 saturated carbocycles. The van der Waals surface area contributed by atoms with Gasteiger partial charge in [0.1, 0.15) is 10.8 Å². The largest absolute Gasteiger partial charge is 0.494 e. The molecule has 0 atom stereocenters. The number of aryl methyl sites for hydroxylation is 1. The maximum atomic E-state index is 11.1. The van der Waals surface area contributed by atoms with Crippen LogP contribution in [0.1, 0.15) is 22.8 Å². The summed E-state index contributed by atoms with van der Waals surface area (Å²) in [7, 11) is 0. The summed E-state index contributed by atoms with van der Waals surface area (Å²) in [6.07, 6.45) is 2.58. The smallest absolute Gasteiger partial charge is 0.150 e. The number of aldehydes is 1. The summed E-state index contributed by atoms with van der Waals surface area (Å²) < 4.78 is 5.48. The molecule has 1 heterocycles. The van der Waals surface area contributed by atoms with Crippen molar-refractivity contribution < 1.29 is 9.53 Å². The third-order valence-corrected chi connectivity index (χ3v) is 3.24. The van der Waals surface area contributed by atoms with Crippen LogP contribution >= 0.6 is 11.3 Å². The Kier molecular flexibility index (Phi) is 3.54. The van der Waals surface area contributed by atoms with Gasteiger partial charge in [-0.15, -0.1) is 11.3 Å². The molecule has 2 aromatic rings. The van der Waals surface area contributed by atoms with Crippen LogP contribution in [0, 0.1) is 6.92 Å². The standard InChI is InChI=1S/C13H13NO2S/c1-3-16-12-7-10(8-15)11(6-9(12)2)13-14-4-5-17-13/h4-8H,3H2,1-2H3. The van der Waals surface area contributed by atoms with Crippen LogP contribution in [0.5, 0.6) is 5.75 Å². The molecule has 4 heteroatoms. The van der Waals surface area contributed by atoms with Crippen LogP contribution < -0.4 is 4.74 Å². The van der Waals surface area contributed by atoms with Crippen molar-refractivity contribution in [2.75, 3.05) is 6.61 Å². The van der Waals surface area contributed by atoms with Gasteiger partial charge in [0, 0.05) is 22.7 Å². The van der Waals surface area contributed by atoms with Gasteiger partial charge in [0.25, 0.3) is 0 Å². The molecule has 0 aliphatic rings. The Labute approximate surface area is 104 Å². The first-order chi connectivity index (χ1) is 8.26. The monoisotopic (exact) mass is 247 g/mol. The molecule has 0 spiro atoms. The quantitative estimate of drug-likeness (QED) is 0.778. The van der Waals surface area contributed by atoms with Gasteiger partial charge in [-0.05, 0) is 31.5 Å². The number of benzene rings is 1. The normalized spacial score (nSPS) is 10.2. The highest BCUT2D eigenvalue weighted by atomic mass is 32.1. The van der Waals surface area contributed by atoms with Gasteiger partial charge in [0.05, 0.1) is 6.61 Å². The van der Waals surface area contributed by atoms with Gasteiger partial charge in [-0.3, -0.25) is 4.79 Å². The Morgan fingerprint density at radius 2 is 2.29 bits per heavy atom. The number of nitrogens with zero attached hydrogens (tertiary/aromatic N) is 1. The summed E-state index contributed by atoms with van der Waals surface area (Å²) >= 11 is 1.52. The molecule has 0 saturated heterocycles. The van der Waals surface area contributed by atoms with E-state index in [4.69, 9.17) is 4.74 Å². The summed E-state index contributed by atoms with van der Waals surface area (Å²) in [5.41, 5.74) is 2.51. The predicted molar refractivity (Wildman–Crippen MR) is 68.8 cm³/mol. The average Bonchev–Trinajstić information content (AvgIpc) is 2.85. The lowest BCUT2D eigenvalue weighted by Gasteiger charge is -2.10.